The zero-order valence-electron chi connectivity index (χ0n) is 10.3. The molecule has 96 valence electrons. The van der Waals surface area contributed by atoms with Crippen LogP contribution in [0.4, 0.5) is 10.1 Å². The van der Waals surface area contributed by atoms with Crippen LogP contribution in [-0.2, 0) is 4.79 Å². The number of rotatable bonds is 3. The van der Waals surface area contributed by atoms with Crippen LogP contribution >= 0.6 is 0 Å². The smallest absolute Gasteiger partial charge is 0.227 e. The second-order valence-corrected chi connectivity index (χ2v) is 5.26. The van der Waals surface area contributed by atoms with E-state index in [0.29, 0.717) is 11.4 Å². The van der Waals surface area contributed by atoms with E-state index in [2.05, 4.69) is 5.32 Å². The number of halogens is 1. The van der Waals surface area contributed by atoms with Gasteiger partial charge in [-0.05, 0) is 43.2 Å². The summed E-state index contributed by atoms with van der Waals surface area (Å²) in [5.74, 6) is 1.70. The SMILES string of the molecule is COc1cc(F)ccc1NC(=O)C1CC2CC2C1. The molecule has 2 saturated carbocycles. The van der Waals surface area contributed by atoms with Crippen LogP contribution in [0.25, 0.3) is 0 Å². The Morgan fingerprint density at radius 1 is 1.33 bits per heavy atom. The maximum atomic E-state index is 13.0. The molecule has 18 heavy (non-hydrogen) atoms. The van der Waals surface area contributed by atoms with E-state index in [0.717, 1.165) is 24.7 Å². The molecule has 1 aromatic rings. The molecule has 3 rings (SSSR count). The molecular formula is C14H16FNO2. The summed E-state index contributed by atoms with van der Waals surface area (Å²) in [7, 11) is 1.47. The van der Waals surface area contributed by atoms with E-state index in [9.17, 15) is 9.18 Å². The number of nitrogens with one attached hydrogen (secondary N) is 1. The first kappa shape index (κ1) is 11.5. The number of carbonyl (C=O) groups is 1. The monoisotopic (exact) mass is 249 g/mol. The lowest BCUT2D eigenvalue weighted by atomic mass is 10.0. The Kier molecular flexibility index (Phi) is 2.73. The van der Waals surface area contributed by atoms with Gasteiger partial charge >= 0.3 is 0 Å². The van der Waals surface area contributed by atoms with Crippen molar-refractivity contribution in [3.05, 3.63) is 24.0 Å². The standard InChI is InChI=1S/C14H16FNO2/c1-18-13-7-11(15)2-3-12(13)16-14(17)10-5-8-4-9(8)6-10/h2-3,7-10H,4-6H2,1H3,(H,16,17). The number of hydrogen-bond donors (Lipinski definition) is 1. The van der Waals surface area contributed by atoms with Crippen LogP contribution in [0.3, 0.4) is 0 Å². The highest BCUT2D eigenvalue weighted by Gasteiger charge is 2.48. The van der Waals surface area contributed by atoms with Crippen LogP contribution in [0.2, 0.25) is 0 Å². The predicted molar refractivity (Wildman–Crippen MR) is 65.9 cm³/mol. The van der Waals surface area contributed by atoms with E-state index in [1.165, 1.54) is 25.7 Å². The minimum absolute atomic E-state index is 0.0344. The van der Waals surface area contributed by atoms with Gasteiger partial charge in [0.1, 0.15) is 11.6 Å². The zero-order valence-corrected chi connectivity index (χ0v) is 10.3. The first-order chi connectivity index (χ1) is 8.67. The Morgan fingerprint density at radius 3 is 2.72 bits per heavy atom. The number of anilines is 1. The van der Waals surface area contributed by atoms with Crippen LogP contribution in [0.5, 0.6) is 5.75 Å². The predicted octanol–water partition coefficient (Wildman–Crippen LogP) is 2.82. The van der Waals surface area contributed by atoms with E-state index in [4.69, 9.17) is 4.74 Å². The normalized spacial score (nSPS) is 28.7. The van der Waals surface area contributed by atoms with Crippen molar-refractivity contribution < 1.29 is 13.9 Å². The summed E-state index contributed by atoms with van der Waals surface area (Å²) >= 11 is 0. The van der Waals surface area contributed by atoms with Gasteiger partial charge in [0.05, 0.1) is 12.8 Å². The Balaban J connectivity index is 1.70. The third kappa shape index (κ3) is 2.07. The molecule has 1 N–H and O–H groups in total. The average molecular weight is 249 g/mol. The van der Waals surface area contributed by atoms with Crippen LogP contribution in [0, 0.1) is 23.6 Å². The molecule has 0 bridgehead atoms. The maximum absolute atomic E-state index is 13.0. The van der Waals surface area contributed by atoms with Gasteiger partial charge in [-0.2, -0.15) is 0 Å². The topological polar surface area (TPSA) is 38.3 Å². The summed E-state index contributed by atoms with van der Waals surface area (Å²) < 4.78 is 18.1. The number of ether oxygens (including phenoxy) is 1. The first-order valence-corrected chi connectivity index (χ1v) is 6.32. The van der Waals surface area contributed by atoms with Crippen molar-refractivity contribution in [3.8, 4) is 5.75 Å². The highest BCUT2D eigenvalue weighted by molar-refractivity contribution is 5.94. The lowest BCUT2D eigenvalue weighted by Gasteiger charge is -2.14. The van der Waals surface area contributed by atoms with Crippen molar-refractivity contribution >= 4 is 11.6 Å². The van der Waals surface area contributed by atoms with E-state index < -0.39 is 0 Å². The second kappa shape index (κ2) is 4.26. The van der Waals surface area contributed by atoms with Gasteiger partial charge in [-0.3, -0.25) is 4.79 Å². The van der Waals surface area contributed by atoms with Gasteiger partial charge in [-0.1, -0.05) is 0 Å². The second-order valence-electron chi connectivity index (χ2n) is 5.26. The fraction of sp³-hybridized carbons (Fsp3) is 0.500. The van der Waals surface area contributed by atoms with Crippen molar-refractivity contribution in [1.29, 1.82) is 0 Å². The minimum atomic E-state index is -0.369. The molecular weight excluding hydrogens is 233 g/mol. The molecule has 2 aliphatic carbocycles. The van der Waals surface area contributed by atoms with Gasteiger partial charge in [-0.15, -0.1) is 0 Å². The molecule has 0 aromatic heterocycles. The molecule has 2 fully saturated rings. The zero-order chi connectivity index (χ0) is 12.7. The molecule has 2 aliphatic rings. The third-order valence-corrected chi connectivity index (χ3v) is 4.04. The Labute approximate surface area is 105 Å². The molecule has 2 atom stereocenters. The lowest BCUT2D eigenvalue weighted by molar-refractivity contribution is -0.120. The molecule has 0 heterocycles. The number of benzene rings is 1. The average Bonchev–Trinajstić information content (AvgIpc) is 2.98. The molecule has 4 heteroatoms. The highest BCUT2D eigenvalue weighted by Crippen LogP contribution is 2.54. The number of amides is 1. The van der Waals surface area contributed by atoms with Crippen LogP contribution < -0.4 is 10.1 Å². The van der Waals surface area contributed by atoms with Crippen molar-refractivity contribution in [2.75, 3.05) is 12.4 Å². The van der Waals surface area contributed by atoms with Gasteiger partial charge in [0.2, 0.25) is 5.91 Å². The molecule has 1 aromatic carbocycles. The van der Waals surface area contributed by atoms with Gasteiger partial charge in [0.15, 0.2) is 0 Å². The fourth-order valence-corrected chi connectivity index (χ4v) is 2.93. The van der Waals surface area contributed by atoms with Gasteiger partial charge in [0, 0.05) is 12.0 Å². The summed E-state index contributed by atoms with van der Waals surface area (Å²) in [6.07, 6.45) is 3.30. The Morgan fingerprint density at radius 2 is 2.06 bits per heavy atom. The van der Waals surface area contributed by atoms with Crippen molar-refractivity contribution in [3.63, 3.8) is 0 Å². The Hall–Kier alpha value is -1.58. The highest BCUT2D eigenvalue weighted by atomic mass is 19.1. The van der Waals surface area contributed by atoms with Crippen molar-refractivity contribution in [2.24, 2.45) is 17.8 Å². The lowest BCUT2D eigenvalue weighted by Crippen LogP contribution is -2.21. The van der Waals surface area contributed by atoms with Gasteiger partial charge in [-0.25, -0.2) is 4.39 Å². The molecule has 0 aliphatic heterocycles. The molecule has 3 nitrogen and oxygen atoms in total. The van der Waals surface area contributed by atoms with E-state index in [-0.39, 0.29) is 17.6 Å². The maximum Gasteiger partial charge on any atom is 0.227 e. The summed E-state index contributed by atoms with van der Waals surface area (Å²) in [6.45, 7) is 0. The summed E-state index contributed by atoms with van der Waals surface area (Å²) in [5, 5.41) is 2.84. The molecule has 2 unspecified atom stereocenters. The number of carbonyl (C=O) groups excluding carboxylic acids is 1. The van der Waals surface area contributed by atoms with Crippen LogP contribution in [0.1, 0.15) is 19.3 Å². The van der Waals surface area contributed by atoms with Crippen molar-refractivity contribution in [2.45, 2.75) is 19.3 Å². The summed E-state index contributed by atoms with van der Waals surface area (Å²) in [5.41, 5.74) is 0.546. The third-order valence-electron chi connectivity index (χ3n) is 4.04. The van der Waals surface area contributed by atoms with E-state index >= 15 is 0 Å². The van der Waals surface area contributed by atoms with Crippen LogP contribution in [-0.4, -0.2) is 13.0 Å². The quantitative estimate of drug-likeness (QED) is 0.894. The molecule has 0 saturated heterocycles. The summed E-state index contributed by atoms with van der Waals surface area (Å²) in [6, 6.07) is 4.15. The van der Waals surface area contributed by atoms with Crippen molar-refractivity contribution in [1.82, 2.24) is 0 Å². The van der Waals surface area contributed by atoms with Crippen LogP contribution in [0.15, 0.2) is 18.2 Å². The fourth-order valence-electron chi connectivity index (χ4n) is 2.93. The van der Waals surface area contributed by atoms with E-state index in [1.807, 2.05) is 0 Å². The molecule has 0 spiro atoms. The minimum Gasteiger partial charge on any atom is -0.494 e. The Bertz CT molecular complexity index is 479. The summed E-state index contributed by atoms with van der Waals surface area (Å²) in [4.78, 5) is 12.1. The first-order valence-electron chi connectivity index (χ1n) is 6.32. The number of fused-ring (bicyclic) bond motifs is 1. The molecule has 0 radical (unpaired) electrons. The number of hydrogen-bond acceptors (Lipinski definition) is 2. The van der Waals surface area contributed by atoms with E-state index in [1.54, 1.807) is 6.07 Å². The molecule has 1 amide bonds. The number of methoxy groups -OCH3 is 1. The van der Waals surface area contributed by atoms with Gasteiger partial charge in [0.25, 0.3) is 0 Å². The van der Waals surface area contributed by atoms with Gasteiger partial charge < -0.3 is 10.1 Å². The largest absolute Gasteiger partial charge is 0.494 e.